The molecule has 1 aromatic heterocycles. The molecule has 2 saturated heterocycles. The van der Waals surface area contributed by atoms with Crippen molar-refractivity contribution in [2.75, 3.05) is 43.5 Å². The topological polar surface area (TPSA) is 71.5 Å². The van der Waals surface area contributed by atoms with E-state index >= 15 is 0 Å². The molecule has 3 heterocycles. The van der Waals surface area contributed by atoms with Crippen molar-refractivity contribution < 1.29 is 13.9 Å². The van der Waals surface area contributed by atoms with Crippen molar-refractivity contribution in [2.45, 2.75) is 31.4 Å². The molecule has 2 fully saturated rings. The van der Waals surface area contributed by atoms with Crippen LogP contribution in [0.25, 0.3) is 0 Å². The Morgan fingerprint density at radius 3 is 2.93 bits per heavy atom. The van der Waals surface area contributed by atoms with Gasteiger partial charge in [0.2, 0.25) is 5.95 Å². The highest BCUT2D eigenvalue weighted by Crippen LogP contribution is 2.23. The first-order valence-corrected chi connectivity index (χ1v) is 10.4. The lowest BCUT2D eigenvalue weighted by molar-refractivity contribution is 0.141. The Balaban J connectivity index is 1.37. The lowest BCUT2D eigenvalue weighted by Crippen LogP contribution is -2.42. The molecule has 2 atom stereocenters. The number of hydrogen-bond donors (Lipinski definition) is 2. The summed E-state index contributed by atoms with van der Waals surface area (Å²) in [6.45, 7) is 7.89. The van der Waals surface area contributed by atoms with Crippen LogP contribution in [-0.2, 0) is 4.74 Å². The van der Waals surface area contributed by atoms with Gasteiger partial charge in [-0.15, -0.1) is 6.58 Å². The van der Waals surface area contributed by atoms with E-state index in [1.165, 1.54) is 6.20 Å². The van der Waals surface area contributed by atoms with Crippen molar-refractivity contribution in [3.8, 4) is 5.75 Å². The van der Waals surface area contributed by atoms with E-state index in [0.29, 0.717) is 12.6 Å². The summed E-state index contributed by atoms with van der Waals surface area (Å²) in [5, 5.41) is 6.37. The quantitative estimate of drug-likeness (QED) is 0.641. The van der Waals surface area contributed by atoms with E-state index in [0.717, 1.165) is 56.9 Å². The summed E-state index contributed by atoms with van der Waals surface area (Å²) in [4.78, 5) is 10.7. The van der Waals surface area contributed by atoms with Crippen LogP contribution in [0.3, 0.4) is 0 Å². The molecule has 0 saturated carbocycles. The lowest BCUT2D eigenvalue weighted by atomic mass is 10.1. The van der Waals surface area contributed by atoms with Gasteiger partial charge in [-0.3, -0.25) is 4.90 Å². The van der Waals surface area contributed by atoms with Gasteiger partial charge in [0.05, 0.1) is 19.4 Å². The molecule has 2 aromatic rings. The van der Waals surface area contributed by atoms with E-state index in [4.69, 9.17) is 9.47 Å². The molecule has 0 bridgehead atoms. The van der Waals surface area contributed by atoms with Crippen LogP contribution in [0, 0.1) is 5.82 Å². The molecule has 4 rings (SSSR count). The van der Waals surface area contributed by atoms with Crippen molar-refractivity contribution in [3.05, 3.63) is 48.9 Å². The summed E-state index contributed by atoms with van der Waals surface area (Å²) in [6, 6.07) is 7.70. The number of ether oxygens (including phenoxy) is 2. The number of benzene rings is 1. The Kier molecular flexibility index (Phi) is 6.76. The van der Waals surface area contributed by atoms with Gasteiger partial charge >= 0.3 is 0 Å². The van der Waals surface area contributed by atoms with E-state index in [1.807, 2.05) is 30.3 Å². The molecule has 30 heavy (non-hydrogen) atoms. The zero-order chi connectivity index (χ0) is 20.8. The summed E-state index contributed by atoms with van der Waals surface area (Å²) in [7, 11) is 0. The Labute approximate surface area is 176 Å². The standard InChI is InChI=1S/C22H28FN5O2/c1-2-10-28-11-3-4-17(14-28)25-21-20(23)13-24-22(27-21)26-16-5-7-18(8-6-16)30-19-9-12-29-15-19/h2,5-8,13,17,19H,1,3-4,9-12,14-15H2,(H2,24,25,26,27)/t17-,19+/m1/s1. The van der Waals surface area contributed by atoms with Crippen LogP contribution in [0.5, 0.6) is 5.75 Å². The SMILES string of the molecule is C=CCN1CCC[C@@H](Nc2nc(Nc3ccc(O[C@H]4CCOC4)cc3)ncc2F)C1. The highest BCUT2D eigenvalue weighted by atomic mass is 19.1. The number of nitrogens with one attached hydrogen (secondary N) is 2. The van der Waals surface area contributed by atoms with Crippen molar-refractivity contribution in [1.29, 1.82) is 0 Å². The van der Waals surface area contributed by atoms with Crippen LogP contribution in [0.1, 0.15) is 19.3 Å². The smallest absolute Gasteiger partial charge is 0.229 e. The Morgan fingerprint density at radius 2 is 2.17 bits per heavy atom. The first-order chi connectivity index (χ1) is 14.7. The zero-order valence-corrected chi connectivity index (χ0v) is 17.0. The van der Waals surface area contributed by atoms with Gasteiger partial charge in [0, 0.05) is 31.2 Å². The molecule has 8 heteroatoms. The average molecular weight is 413 g/mol. The summed E-state index contributed by atoms with van der Waals surface area (Å²) in [5.41, 5.74) is 0.803. The van der Waals surface area contributed by atoms with E-state index < -0.39 is 5.82 Å². The first kappa shape index (κ1) is 20.6. The normalized spacial score (nSPS) is 21.9. The molecule has 2 N–H and O–H groups in total. The van der Waals surface area contributed by atoms with Gasteiger partial charge in [0.1, 0.15) is 11.9 Å². The van der Waals surface area contributed by atoms with Gasteiger partial charge in [-0.1, -0.05) is 6.08 Å². The van der Waals surface area contributed by atoms with E-state index in [2.05, 4.69) is 32.1 Å². The highest BCUT2D eigenvalue weighted by molar-refractivity contribution is 5.56. The van der Waals surface area contributed by atoms with Gasteiger partial charge in [-0.2, -0.15) is 4.98 Å². The molecular formula is C22H28FN5O2. The minimum Gasteiger partial charge on any atom is -0.488 e. The number of rotatable bonds is 8. The van der Waals surface area contributed by atoms with Crippen LogP contribution in [0.15, 0.2) is 43.1 Å². The van der Waals surface area contributed by atoms with Crippen LogP contribution >= 0.6 is 0 Å². The van der Waals surface area contributed by atoms with Crippen LogP contribution in [0.2, 0.25) is 0 Å². The molecule has 0 spiro atoms. The zero-order valence-electron chi connectivity index (χ0n) is 17.0. The van der Waals surface area contributed by atoms with Gasteiger partial charge in [-0.25, -0.2) is 9.37 Å². The third-order valence-corrected chi connectivity index (χ3v) is 5.28. The van der Waals surface area contributed by atoms with Gasteiger partial charge in [-0.05, 0) is 43.7 Å². The molecule has 7 nitrogen and oxygen atoms in total. The Morgan fingerprint density at radius 1 is 1.30 bits per heavy atom. The maximum atomic E-state index is 14.3. The van der Waals surface area contributed by atoms with Crippen LogP contribution in [0.4, 0.5) is 21.8 Å². The lowest BCUT2D eigenvalue weighted by Gasteiger charge is -2.32. The third kappa shape index (κ3) is 5.46. The number of likely N-dealkylation sites (tertiary alicyclic amines) is 1. The summed E-state index contributed by atoms with van der Waals surface area (Å²) in [5.74, 6) is 0.901. The molecule has 2 aliphatic heterocycles. The van der Waals surface area contributed by atoms with E-state index in [9.17, 15) is 4.39 Å². The van der Waals surface area contributed by atoms with Gasteiger partial charge in [0.25, 0.3) is 0 Å². The molecule has 0 aliphatic carbocycles. The van der Waals surface area contributed by atoms with E-state index in [-0.39, 0.29) is 18.0 Å². The highest BCUT2D eigenvalue weighted by Gasteiger charge is 2.21. The number of piperidine rings is 1. The number of nitrogens with zero attached hydrogens (tertiary/aromatic N) is 3. The largest absolute Gasteiger partial charge is 0.488 e. The van der Waals surface area contributed by atoms with E-state index in [1.54, 1.807) is 0 Å². The van der Waals surface area contributed by atoms with Gasteiger partial charge < -0.3 is 20.1 Å². The third-order valence-electron chi connectivity index (χ3n) is 5.28. The fourth-order valence-electron chi connectivity index (χ4n) is 3.79. The minimum atomic E-state index is -0.455. The number of aromatic nitrogens is 2. The molecule has 160 valence electrons. The second-order valence-corrected chi connectivity index (χ2v) is 7.67. The fourth-order valence-corrected chi connectivity index (χ4v) is 3.79. The summed E-state index contributed by atoms with van der Waals surface area (Å²) >= 11 is 0. The van der Waals surface area contributed by atoms with Crippen LogP contribution in [-0.4, -0.2) is 59.9 Å². The predicted molar refractivity (Wildman–Crippen MR) is 115 cm³/mol. The van der Waals surface area contributed by atoms with Crippen LogP contribution < -0.4 is 15.4 Å². The maximum Gasteiger partial charge on any atom is 0.229 e. The maximum absolute atomic E-state index is 14.3. The predicted octanol–water partition coefficient (Wildman–Crippen LogP) is 3.59. The van der Waals surface area contributed by atoms with Crippen molar-refractivity contribution in [2.24, 2.45) is 0 Å². The second kappa shape index (κ2) is 9.86. The summed E-state index contributed by atoms with van der Waals surface area (Å²) in [6.07, 6.45) is 6.15. The van der Waals surface area contributed by atoms with Crippen molar-refractivity contribution in [3.63, 3.8) is 0 Å². The fraction of sp³-hybridized carbons (Fsp3) is 0.455. The Bertz CT molecular complexity index is 842. The summed E-state index contributed by atoms with van der Waals surface area (Å²) < 4.78 is 25.5. The number of anilines is 3. The molecule has 2 aliphatic rings. The molecule has 1 aromatic carbocycles. The van der Waals surface area contributed by atoms with Crippen molar-refractivity contribution in [1.82, 2.24) is 14.9 Å². The van der Waals surface area contributed by atoms with Crippen molar-refractivity contribution >= 4 is 17.5 Å². The van der Waals surface area contributed by atoms with Gasteiger partial charge in [0.15, 0.2) is 11.6 Å². The monoisotopic (exact) mass is 413 g/mol. The number of hydrogen-bond acceptors (Lipinski definition) is 7. The first-order valence-electron chi connectivity index (χ1n) is 10.4. The Hall–Kier alpha value is -2.71. The average Bonchev–Trinajstić information content (AvgIpc) is 3.26. The second-order valence-electron chi connectivity index (χ2n) is 7.67. The minimum absolute atomic E-state index is 0.111. The number of halogens is 1. The molecule has 0 radical (unpaired) electrons. The molecular weight excluding hydrogens is 385 g/mol. The molecule has 0 unspecified atom stereocenters. The molecule has 0 amide bonds.